The molecule has 0 spiro atoms. The average molecular weight is 279 g/mol. The number of carbonyl (C=O) groups is 1. The molecule has 0 amide bonds. The molecule has 1 aromatic carbocycles. The van der Waals surface area contributed by atoms with Gasteiger partial charge in [0.15, 0.2) is 11.5 Å². The number of phenolic OH excluding ortho intramolecular Hbond substituents is 2. The Morgan fingerprint density at radius 2 is 1.89 bits per heavy atom. The van der Waals surface area contributed by atoms with Gasteiger partial charge in [-0.25, -0.2) is 0 Å². The number of benzene rings is 1. The zero-order valence-electron chi connectivity index (χ0n) is 10.0. The molecule has 19 heavy (non-hydrogen) atoms. The van der Waals surface area contributed by atoms with Gasteiger partial charge in [0, 0.05) is 0 Å². The van der Waals surface area contributed by atoms with Crippen LogP contribution in [0.4, 0.5) is 0 Å². The van der Waals surface area contributed by atoms with Gasteiger partial charge >= 0.3 is 5.97 Å². The molecule has 0 bridgehead atoms. The van der Waals surface area contributed by atoms with Crippen LogP contribution in [0, 0.1) is 0 Å². The van der Waals surface area contributed by atoms with Crippen molar-refractivity contribution in [1.82, 2.24) is 0 Å². The Balaban J connectivity index is 2.12. The van der Waals surface area contributed by atoms with E-state index < -0.39 is 19.7 Å². The van der Waals surface area contributed by atoms with E-state index in [1.54, 1.807) is 6.07 Å². The summed E-state index contributed by atoms with van der Waals surface area (Å²) in [5.41, 5.74) is 0.650. The molecule has 2 aromatic rings. The van der Waals surface area contributed by atoms with E-state index in [2.05, 4.69) is 5.09 Å². The molecule has 0 aliphatic heterocycles. The number of rotatable bonds is 5. The summed E-state index contributed by atoms with van der Waals surface area (Å²) in [6.45, 7) is 0. The van der Waals surface area contributed by atoms with Crippen LogP contribution in [0.15, 0.2) is 41.9 Å². The monoisotopic (exact) mass is 279 g/mol. The van der Waals surface area contributed by atoms with Gasteiger partial charge in [0.05, 0.1) is 0 Å². The molecule has 6 heteroatoms. The fourth-order valence-corrected chi connectivity index (χ4v) is 3.12. The molecule has 0 saturated carbocycles. The zero-order chi connectivity index (χ0) is 13.8. The Morgan fingerprint density at radius 3 is 2.47 bits per heavy atom. The number of nitrogens with one attached hydrogen (secondary N) is 1. The molecule has 0 aliphatic carbocycles. The fraction of sp³-hybridized carbons (Fsp3) is 0.154. The smallest absolute Gasteiger partial charge is 0.321 e. The number of carboxylic acid groups (broad SMARTS) is 1. The van der Waals surface area contributed by atoms with Gasteiger partial charge in [-0.15, -0.1) is 0 Å². The van der Waals surface area contributed by atoms with Crippen LogP contribution in [0.5, 0.6) is 11.5 Å². The van der Waals surface area contributed by atoms with Gasteiger partial charge in [0.1, 0.15) is 6.04 Å². The summed E-state index contributed by atoms with van der Waals surface area (Å²) in [7, 11) is -0.731. The van der Waals surface area contributed by atoms with E-state index in [0.717, 1.165) is 0 Å². The van der Waals surface area contributed by atoms with Crippen molar-refractivity contribution in [3.8, 4) is 11.5 Å². The van der Waals surface area contributed by atoms with Crippen LogP contribution in [-0.4, -0.2) is 27.3 Å². The summed E-state index contributed by atoms with van der Waals surface area (Å²) in [6, 6.07) is 7.35. The van der Waals surface area contributed by atoms with Gasteiger partial charge in [0.2, 0.25) is 0 Å². The minimum absolute atomic E-state index is 0.213. The SMILES string of the molecule is O=C(O)[C@H](Cc1ccc(O)c(O)c1)Np1cccc1. The van der Waals surface area contributed by atoms with E-state index in [0.29, 0.717) is 5.56 Å². The fourth-order valence-electron chi connectivity index (χ4n) is 1.72. The third-order valence-corrected chi connectivity index (χ3v) is 4.28. The number of aliphatic carboxylic acids is 1. The summed E-state index contributed by atoms with van der Waals surface area (Å²) < 4.78 is 0. The topological polar surface area (TPSA) is 89.8 Å². The van der Waals surface area contributed by atoms with E-state index in [9.17, 15) is 20.1 Å². The minimum atomic E-state index is -0.941. The van der Waals surface area contributed by atoms with E-state index in [-0.39, 0.29) is 17.9 Å². The standard InChI is InChI=1S/C13H14NO4P/c15-11-4-3-9(8-12(11)16)7-10(13(17)18)14-19-5-1-2-6-19/h1-6,8,10,14-16H,7H2,(H,17,18)/t10-/m0/s1. The number of hydrogen-bond donors (Lipinski definition) is 4. The van der Waals surface area contributed by atoms with Gasteiger partial charge in [-0.3, -0.25) is 9.88 Å². The second-order valence-corrected chi connectivity index (χ2v) is 5.81. The molecular weight excluding hydrogens is 265 g/mol. The van der Waals surface area contributed by atoms with Crippen molar-refractivity contribution in [2.45, 2.75) is 12.5 Å². The molecule has 2 rings (SSSR count). The predicted molar refractivity (Wildman–Crippen MR) is 73.4 cm³/mol. The van der Waals surface area contributed by atoms with Crippen molar-refractivity contribution in [3.63, 3.8) is 0 Å². The maximum Gasteiger partial charge on any atom is 0.321 e. The number of aromatic hydroxyl groups is 2. The lowest BCUT2D eigenvalue weighted by molar-refractivity contribution is -0.137. The first-order valence-electron chi connectivity index (χ1n) is 5.69. The van der Waals surface area contributed by atoms with Crippen molar-refractivity contribution in [3.05, 3.63) is 47.5 Å². The van der Waals surface area contributed by atoms with Crippen LogP contribution in [0.1, 0.15) is 5.56 Å². The quantitative estimate of drug-likeness (QED) is 0.631. The van der Waals surface area contributed by atoms with Gasteiger partial charge in [-0.05, 0) is 35.7 Å². The largest absolute Gasteiger partial charge is 0.504 e. The number of hydrogen-bond acceptors (Lipinski definition) is 4. The zero-order valence-corrected chi connectivity index (χ0v) is 10.9. The van der Waals surface area contributed by atoms with Crippen LogP contribution in [0.25, 0.3) is 0 Å². The molecule has 0 unspecified atom stereocenters. The summed E-state index contributed by atoms with van der Waals surface area (Å²) in [5.74, 6) is 2.46. The maximum atomic E-state index is 11.2. The molecule has 0 fully saturated rings. The molecule has 100 valence electrons. The molecule has 0 radical (unpaired) electrons. The highest BCUT2D eigenvalue weighted by atomic mass is 31.1. The lowest BCUT2D eigenvalue weighted by Crippen LogP contribution is -2.29. The van der Waals surface area contributed by atoms with Crippen LogP contribution < -0.4 is 5.09 Å². The Bertz CT molecular complexity index is 568. The number of phenols is 2. The van der Waals surface area contributed by atoms with Crippen molar-refractivity contribution in [2.24, 2.45) is 0 Å². The van der Waals surface area contributed by atoms with Crippen molar-refractivity contribution < 1.29 is 20.1 Å². The molecule has 4 N–H and O–H groups in total. The average Bonchev–Trinajstić information content (AvgIpc) is 2.86. The highest BCUT2D eigenvalue weighted by Crippen LogP contribution is 2.27. The van der Waals surface area contributed by atoms with Crippen LogP contribution in [0.3, 0.4) is 0 Å². The molecule has 1 atom stereocenters. The third-order valence-electron chi connectivity index (χ3n) is 2.69. The molecular formula is C13H14NO4P. The minimum Gasteiger partial charge on any atom is -0.504 e. The van der Waals surface area contributed by atoms with Crippen LogP contribution in [-0.2, 0) is 11.2 Å². The maximum absolute atomic E-state index is 11.2. The summed E-state index contributed by atoms with van der Waals surface area (Å²) >= 11 is 0. The Kier molecular flexibility index (Phi) is 4.10. The lowest BCUT2D eigenvalue weighted by atomic mass is 10.1. The van der Waals surface area contributed by atoms with Gasteiger partial charge < -0.3 is 15.3 Å². The summed E-state index contributed by atoms with van der Waals surface area (Å²) in [4.78, 5) is 11.2. The van der Waals surface area contributed by atoms with E-state index in [4.69, 9.17) is 0 Å². The Hall–Kier alpha value is -1.97. The van der Waals surface area contributed by atoms with Gasteiger partial charge in [-0.2, -0.15) is 0 Å². The van der Waals surface area contributed by atoms with Crippen molar-refractivity contribution >= 4 is 13.7 Å². The molecule has 1 heterocycles. The second-order valence-electron chi connectivity index (χ2n) is 4.14. The van der Waals surface area contributed by atoms with E-state index in [1.165, 1.54) is 12.1 Å². The van der Waals surface area contributed by atoms with Gasteiger partial charge in [0.25, 0.3) is 0 Å². The Morgan fingerprint density at radius 1 is 1.21 bits per heavy atom. The molecule has 0 aliphatic rings. The number of carboxylic acids is 1. The van der Waals surface area contributed by atoms with Crippen LogP contribution in [0.2, 0.25) is 0 Å². The van der Waals surface area contributed by atoms with Gasteiger partial charge in [-0.1, -0.05) is 25.9 Å². The molecule has 0 saturated heterocycles. The van der Waals surface area contributed by atoms with Crippen LogP contribution >= 0.6 is 7.68 Å². The van der Waals surface area contributed by atoms with Crippen molar-refractivity contribution in [2.75, 3.05) is 5.09 Å². The molecule has 5 nitrogen and oxygen atoms in total. The lowest BCUT2D eigenvalue weighted by Gasteiger charge is -2.14. The normalized spacial score (nSPS) is 12.2. The van der Waals surface area contributed by atoms with Crippen molar-refractivity contribution in [1.29, 1.82) is 0 Å². The predicted octanol–water partition coefficient (Wildman–Crippen LogP) is 2.32. The first kappa shape index (κ1) is 13.5. The molecule has 1 aromatic heterocycles. The first-order chi connectivity index (χ1) is 9.06. The highest BCUT2D eigenvalue weighted by molar-refractivity contribution is 7.49. The van der Waals surface area contributed by atoms with E-state index in [1.807, 2.05) is 23.7 Å². The summed E-state index contributed by atoms with van der Waals surface area (Å²) in [6.07, 6.45) is 0.240. The Labute approximate surface area is 111 Å². The highest BCUT2D eigenvalue weighted by Gasteiger charge is 2.18. The van der Waals surface area contributed by atoms with E-state index >= 15 is 0 Å². The summed E-state index contributed by atoms with van der Waals surface area (Å²) in [5, 5.41) is 30.9. The third kappa shape index (κ3) is 3.50. The second kappa shape index (κ2) is 5.78. The first-order valence-corrected chi connectivity index (χ1v) is 7.17.